The van der Waals surface area contributed by atoms with E-state index in [0.717, 1.165) is 30.5 Å². The van der Waals surface area contributed by atoms with Crippen LogP contribution in [0.2, 0.25) is 0 Å². The van der Waals surface area contributed by atoms with Crippen molar-refractivity contribution in [3.63, 3.8) is 0 Å². The zero-order chi connectivity index (χ0) is 16.4. The number of para-hydroxylation sites is 1. The highest BCUT2D eigenvalue weighted by Crippen LogP contribution is 2.29. The lowest BCUT2D eigenvalue weighted by molar-refractivity contribution is -0.385. The molecule has 0 spiro atoms. The van der Waals surface area contributed by atoms with Gasteiger partial charge in [0.25, 0.3) is 5.69 Å². The summed E-state index contributed by atoms with van der Waals surface area (Å²) in [6.07, 6.45) is 4.61. The van der Waals surface area contributed by atoms with Crippen molar-refractivity contribution in [2.24, 2.45) is 7.05 Å². The molecule has 3 rings (SSSR count). The van der Waals surface area contributed by atoms with Gasteiger partial charge in [-0.2, -0.15) is 5.10 Å². The average molecular weight is 314 g/mol. The number of benzene rings is 1. The van der Waals surface area contributed by atoms with Crippen molar-refractivity contribution in [1.29, 1.82) is 0 Å². The number of aryl methyl sites for hydroxylation is 1. The van der Waals surface area contributed by atoms with Gasteiger partial charge in [-0.25, -0.2) is 0 Å². The van der Waals surface area contributed by atoms with Crippen LogP contribution in [0.15, 0.2) is 30.5 Å². The van der Waals surface area contributed by atoms with E-state index in [-0.39, 0.29) is 24.1 Å². The van der Waals surface area contributed by atoms with E-state index < -0.39 is 4.92 Å². The van der Waals surface area contributed by atoms with E-state index in [9.17, 15) is 14.9 Å². The molecule has 0 bridgehead atoms. The second kappa shape index (κ2) is 6.20. The molecule has 23 heavy (non-hydrogen) atoms. The van der Waals surface area contributed by atoms with E-state index in [1.165, 1.54) is 6.07 Å². The summed E-state index contributed by atoms with van der Waals surface area (Å²) in [5, 5.41) is 18.3. The molecule has 1 amide bonds. The van der Waals surface area contributed by atoms with Gasteiger partial charge in [0.2, 0.25) is 5.91 Å². The summed E-state index contributed by atoms with van der Waals surface area (Å²) in [7, 11) is 1.90. The molecular formula is C16H18N4O3. The predicted molar refractivity (Wildman–Crippen MR) is 83.8 cm³/mol. The summed E-state index contributed by atoms with van der Waals surface area (Å²) < 4.78 is 1.84. The number of nitro benzene ring substituents is 1. The monoisotopic (exact) mass is 314 g/mol. The Morgan fingerprint density at radius 1 is 1.48 bits per heavy atom. The first-order valence-electron chi connectivity index (χ1n) is 7.58. The van der Waals surface area contributed by atoms with Crippen LogP contribution in [-0.2, 0) is 24.7 Å². The topological polar surface area (TPSA) is 90.1 Å². The molecule has 120 valence electrons. The molecule has 0 aliphatic heterocycles. The Morgan fingerprint density at radius 2 is 2.26 bits per heavy atom. The van der Waals surface area contributed by atoms with Gasteiger partial charge in [0, 0.05) is 29.9 Å². The third-order valence-electron chi connectivity index (χ3n) is 4.25. The van der Waals surface area contributed by atoms with E-state index in [0.29, 0.717) is 5.56 Å². The van der Waals surface area contributed by atoms with Crippen LogP contribution >= 0.6 is 0 Å². The number of nitrogens with one attached hydrogen (secondary N) is 1. The fraction of sp³-hybridized carbons (Fsp3) is 0.375. The largest absolute Gasteiger partial charge is 0.349 e. The minimum Gasteiger partial charge on any atom is -0.349 e. The van der Waals surface area contributed by atoms with Crippen LogP contribution in [0.5, 0.6) is 0 Å². The first-order chi connectivity index (χ1) is 11.1. The van der Waals surface area contributed by atoms with Gasteiger partial charge < -0.3 is 5.32 Å². The molecule has 1 aromatic heterocycles. The van der Waals surface area contributed by atoms with Gasteiger partial charge in [-0.1, -0.05) is 18.2 Å². The van der Waals surface area contributed by atoms with Crippen molar-refractivity contribution in [3.05, 3.63) is 57.4 Å². The number of aromatic nitrogens is 2. The number of nitro groups is 1. The SMILES string of the molecule is Cn1ncc2c1CCC[C@@H]2NC(=O)Cc1ccccc1[N+](=O)[O-]. The Balaban J connectivity index is 1.73. The fourth-order valence-electron chi connectivity index (χ4n) is 3.11. The van der Waals surface area contributed by atoms with Crippen molar-refractivity contribution in [2.45, 2.75) is 31.7 Å². The summed E-state index contributed by atoms with van der Waals surface area (Å²) in [5.74, 6) is -0.207. The molecule has 1 atom stereocenters. The Labute approximate surface area is 133 Å². The van der Waals surface area contributed by atoms with E-state index >= 15 is 0 Å². The second-order valence-corrected chi connectivity index (χ2v) is 5.75. The molecule has 1 aromatic carbocycles. The van der Waals surface area contributed by atoms with E-state index in [1.807, 2.05) is 11.7 Å². The van der Waals surface area contributed by atoms with Crippen LogP contribution in [0.3, 0.4) is 0 Å². The molecule has 1 heterocycles. The minimum absolute atomic E-state index is 0.00322. The van der Waals surface area contributed by atoms with Crippen molar-refractivity contribution >= 4 is 11.6 Å². The predicted octanol–water partition coefficient (Wildman–Crippen LogP) is 2.06. The summed E-state index contributed by atoms with van der Waals surface area (Å²) in [6.45, 7) is 0. The highest BCUT2D eigenvalue weighted by Gasteiger charge is 2.25. The van der Waals surface area contributed by atoms with Crippen molar-refractivity contribution in [1.82, 2.24) is 15.1 Å². The maximum Gasteiger partial charge on any atom is 0.273 e. The summed E-state index contributed by atoms with van der Waals surface area (Å²) in [6, 6.07) is 6.27. The zero-order valence-electron chi connectivity index (χ0n) is 12.9. The Bertz CT molecular complexity index is 754. The van der Waals surface area contributed by atoms with Gasteiger partial charge in [-0.3, -0.25) is 19.6 Å². The van der Waals surface area contributed by atoms with Crippen molar-refractivity contribution < 1.29 is 9.72 Å². The minimum atomic E-state index is -0.456. The molecule has 0 saturated heterocycles. The normalized spacial score (nSPS) is 16.7. The molecule has 0 fully saturated rings. The van der Waals surface area contributed by atoms with Crippen LogP contribution in [0.4, 0.5) is 5.69 Å². The standard InChI is InChI=1S/C16H18N4O3/c1-19-15-8-4-6-13(12(15)10-17-19)18-16(21)9-11-5-2-3-7-14(11)20(22)23/h2-3,5,7,10,13H,4,6,8-9H2,1H3,(H,18,21)/t13-/m0/s1. The molecule has 0 radical (unpaired) electrons. The maximum absolute atomic E-state index is 12.3. The number of rotatable bonds is 4. The highest BCUT2D eigenvalue weighted by molar-refractivity contribution is 5.80. The van der Waals surface area contributed by atoms with E-state index in [1.54, 1.807) is 24.4 Å². The lowest BCUT2D eigenvalue weighted by atomic mass is 9.93. The molecule has 1 aliphatic rings. The molecule has 7 nitrogen and oxygen atoms in total. The van der Waals surface area contributed by atoms with E-state index in [2.05, 4.69) is 10.4 Å². The number of nitrogens with zero attached hydrogens (tertiary/aromatic N) is 3. The first-order valence-corrected chi connectivity index (χ1v) is 7.58. The fourth-order valence-corrected chi connectivity index (χ4v) is 3.11. The molecule has 2 aromatic rings. The quantitative estimate of drug-likeness (QED) is 0.691. The lowest BCUT2D eigenvalue weighted by Gasteiger charge is -2.23. The van der Waals surface area contributed by atoms with E-state index in [4.69, 9.17) is 0 Å². The number of carbonyl (C=O) groups excluding carboxylic acids is 1. The summed E-state index contributed by atoms with van der Waals surface area (Å²) >= 11 is 0. The molecule has 7 heteroatoms. The number of hydrogen-bond donors (Lipinski definition) is 1. The van der Waals surface area contributed by atoms with Crippen LogP contribution in [0.1, 0.15) is 35.7 Å². The first kappa shape index (κ1) is 15.2. The van der Waals surface area contributed by atoms with Gasteiger partial charge in [-0.05, 0) is 19.3 Å². The van der Waals surface area contributed by atoms with Crippen LogP contribution in [0.25, 0.3) is 0 Å². The Hall–Kier alpha value is -2.70. The van der Waals surface area contributed by atoms with Gasteiger partial charge in [0.1, 0.15) is 0 Å². The molecular weight excluding hydrogens is 296 g/mol. The van der Waals surface area contributed by atoms with Crippen molar-refractivity contribution in [2.75, 3.05) is 0 Å². The van der Waals surface area contributed by atoms with Gasteiger partial charge in [-0.15, -0.1) is 0 Å². The Kier molecular flexibility index (Phi) is 4.10. The van der Waals surface area contributed by atoms with Gasteiger partial charge in [0.15, 0.2) is 0 Å². The van der Waals surface area contributed by atoms with Crippen LogP contribution in [-0.4, -0.2) is 20.6 Å². The molecule has 1 aliphatic carbocycles. The van der Waals surface area contributed by atoms with Gasteiger partial charge >= 0.3 is 0 Å². The smallest absolute Gasteiger partial charge is 0.273 e. The highest BCUT2D eigenvalue weighted by atomic mass is 16.6. The second-order valence-electron chi connectivity index (χ2n) is 5.75. The molecule has 1 N–H and O–H groups in total. The maximum atomic E-state index is 12.3. The molecule has 0 unspecified atom stereocenters. The number of amides is 1. The zero-order valence-corrected chi connectivity index (χ0v) is 12.9. The summed E-state index contributed by atoms with van der Waals surface area (Å²) in [5.41, 5.74) is 2.60. The lowest BCUT2D eigenvalue weighted by Crippen LogP contribution is -2.32. The number of hydrogen-bond acceptors (Lipinski definition) is 4. The molecule has 0 saturated carbocycles. The van der Waals surface area contributed by atoms with Crippen LogP contribution < -0.4 is 5.32 Å². The Morgan fingerprint density at radius 3 is 3.04 bits per heavy atom. The average Bonchev–Trinajstić information content (AvgIpc) is 2.90. The number of carbonyl (C=O) groups is 1. The van der Waals surface area contributed by atoms with Crippen molar-refractivity contribution in [3.8, 4) is 0 Å². The third kappa shape index (κ3) is 3.08. The van der Waals surface area contributed by atoms with Gasteiger partial charge in [0.05, 0.1) is 23.6 Å². The summed E-state index contributed by atoms with van der Waals surface area (Å²) in [4.78, 5) is 22.9. The third-order valence-corrected chi connectivity index (χ3v) is 4.25. The number of fused-ring (bicyclic) bond motifs is 1. The van der Waals surface area contributed by atoms with Crippen LogP contribution in [0, 0.1) is 10.1 Å².